The third-order valence-corrected chi connectivity index (χ3v) is 1.84. The van der Waals surface area contributed by atoms with Crippen molar-refractivity contribution < 1.29 is 0 Å². The van der Waals surface area contributed by atoms with Crippen molar-refractivity contribution >= 4 is 5.82 Å². The van der Waals surface area contributed by atoms with E-state index >= 15 is 0 Å². The number of aryl methyl sites for hydroxylation is 1. The maximum atomic E-state index is 4.15. The highest BCUT2D eigenvalue weighted by molar-refractivity contribution is 5.35. The van der Waals surface area contributed by atoms with E-state index in [1.807, 2.05) is 13.0 Å². The summed E-state index contributed by atoms with van der Waals surface area (Å²) in [5.74, 6) is 0.895. The van der Waals surface area contributed by atoms with Crippen LogP contribution in [0.4, 0.5) is 5.82 Å². The third-order valence-electron chi connectivity index (χ3n) is 1.84. The van der Waals surface area contributed by atoms with Crippen molar-refractivity contribution in [1.29, 1.82) is 0 Å². The summed E-state index contributed by atoms with van der Waals surface area (Å²) in [6, 6.07) is 2.34. The Morgan fingerprint density at radius 1 is 1.43 bits per heavy atom. The van der Waals surface area contributed by atoms with Crippen molar-refractivity contribution in [2.45, 2.75) is 19.9 Å². The van der Waals surface area contributed by atoms with Crippen molar-refractivity contribution in [3.8, 4) is 0 Å². The smallest absolute Gasteiger partial charge is 0.129 e. The first-order chi connectivity index (χ1) is 6.58. The van der Waals surface area contributed by atoms with Crippen LogP contribution in [0, 0.1) is 6.92 Å². The Morgan fingerprint density at radius 2 is 2.14 bits per heavy atom. The zero-order chi connectivity index (χ0) is 10.6. The lowest BCUT2D eigenvalue weighted by atomic mass is 10.3. The molecular weight excluding hydrogens is 176 g/mol. The lowest BCUT2D eigenvalue weighted by Gasteiger charge is -2.18. The molecule has 0 radical (unpaired) electrons. The molecule has 0 saturated carbocycles. The maximum absolute atomic E-state index is 4.15. The number of likely N-dealkylation sites (N-methyl/N-ethyl adjacent to an activating group) is 1. The zero-order valence-corrected chi connectivity index (χ0v) is 9.28. The van der Waals surface area contributed by atoms with Crippen molar-refractivity contribution in [2.24, 2.45) is 0 Å². The number of aromatic nitrogens is 2. The molecule has 0 aliphatic heterocycles. The Bertz CT molecular complexity index is 285. The zero-order valence-electron chi connectivity index (χ0n) is 9.28. The molecular formula is C10H18N4. The second-order valence-corrected chi connectivity index (χ2v) is 3.85. The second-order valence-electron chi connectivity index (χ2n) is 3.85. The molecule has 1 aromatic rings. The fourth-order valence-corrected chi connectivity index (χ4v) is 1.38. The minimum Gasteiger partial charge on any atom is -0.366 e. The molecule has 0 aliphatic carbocycles. The second kappa shape index (κ2) is 4.91. The van der Waals surface area contributed by atoms with Gasteiger partial charge in [-0.25, -0.2) is 9.97 Å². The van der Waals surface area contributed by atoms with Crippen LogP contribution in [0.3, 0.4) is 0 Å². The molecule has 1 aromatic heterocycles. The summed E-state index contributed by atoms with van der Waals surface area (Å²) in [6.45, 7) is 5.09. The van der Waals surface area contributed by atoms with E-state index in [0.29, 0.717) is 6.04 Å². The van der Waals surface area contributed by atoms with Gasteiger partial charge < -0.3 is 10.2 Å². The molecule has 1 heterocycles. The highest BCUT2D eigenvalue weighted by Gasteiger charge is 2.03. The van der Waals surface area contributed by atoms with E-state index in [1.54, 1.807) is 6.33 Å². The van der Waals surface area contributed by atoms with Gasteiger partial charge in [-0.3, -0.25) is 0 Å². The normalized spacial score (nSPS) is 12.9. The Morgan fingerprint density at radius 3 is 2.71 bits per heavy atom. The summed E-state index contributed by atoms with van der Waals surface area (Å²) >= 11 is 0. The fourth-order valence-electron chi connectivity index (χ4n) is 1.38. The summed E-state index contributed by atoms with van der Waals surface area (Å²) in [4.78, 5) is 10.3. The lowest BCUT2D eigenvalue weighted by molar-refractivity contribution is 0.392. The first kappa shape index (κ1) is 10.9. The molecule has 0 unspecified atom stereocenters. The monoisotopic (exact) mass is 194 g/mol. The van der Waals surface area contributed by atoms with Crippen LogP contribution in [0.25, 0.3) is 0 Å². The lowest BCUT2D eigenvalue weighted by Crippen LogP contribution is -2.29. The Kier molecular flexibility index (Phi) is 3.83. The molecule has 0 saturated heterocycles. The van der Waals surface area contributed by atoms with Gasteiger partial charge >= 0.3 is 0 Å². The van der Waals surface area contributed by atoms with E-state index in [9.17, 15) is 0 Å². The van der Waals surface area contributed by atoms with E-state index in [4.69, 9.17) is 0 Å². The number of nitrogens with zero attached hydrogens (tertiary/aromatic N) is 3. The molecule has 0 spiro atoms. The molecule has 4 nitrogen and oxygen atoms in total. The van der Waals surface area contributed by atoms with Gasteiger partial charge in [0.25, 0.3) is 0 Å². The Labute approximate surface area is 85.4 Å². The summed E-state index contributed by atoms with van der Waals surface area (Å²) in [5.41, 5.74) is 0.986. The van der Waals surface area contributed by atoms with Crippen molar-refractivity contribution in [3.63, 3.8) is 0 Å². The SMILES string of the molecule is Cc1cc(N[C@@H](C)CN(C)C)ncn1. The number of rotatable bonds is 4. The molecule has 0 bridgehead atoms. The predicted molar refractivity (Wildman–Crippen MR) is 58.4 cm³/mol. The number of nitrogens with one attached hydrogen (secondary N) is 1. The van der Waals surface area contributed by atoms with Crippen LogP contribution in [0.5, 0.6) is 0 Å². The molecule has 0 aromatic carbocycles. The molecule has 0 amide bonds. The summed E-state index contributed by atoms with van der Waals surface area (Å²) < 4.78 is 0. The van der Waals surface area contributed by atoms with Gasteiger partial charge in [-0.1, -0.05) is 0 Å². The van der Waals surface area contributed by atoms with E-state index in [1.165, 1.54) is 0 Å². The predicted octanol–water partition coefficient (Wildman–Crippen LogP) is 1.15. The van der Waals surface area contributed by atoms with Gasteiger partial charge in [0, 0.05) is 24.3 Å². The minimum absolute atomic E-state index is 0.388. The topological polar surface area (TPSA) is 41.0 Å². The fraction of sp³-hybridized carbons (Fsp3) is 0.600. The van der Waals surface area contributed by atoms with Gasteiger partial charge in [0.1, 0.15) is 12.1 Å². The van der Waals surface area contributed by atoms with E-state index in [0.717, 1.165) is 18.1 Å². The van der Waals surface area contributed by atoms with E-state index in [-0.39, 0.29) is 0 Å². The molecule has 0 aliphatic rings. The van der Waals surface area contributed by atoms with Gasteiger partial charge in [0.05, 0.1) is 0 Å². The molecule has 1 rings (SSSR count). The van der Waals surface area contributed by atoms with Crippen LogP contribution in [0.1, 0.15) is 12.6 Å². The molecule has 14 heavy (non-hydrogen) atoms. The first-order valence-electron chi connectivity index (χ1n) is 4.78. The molecule has 78 valence electrons. The van der Waals surface area contributed by atoms with Crippen LogP contribution >= 0.6 is 0 Å². The Hall–Kier alpha value is -1.16. The van der Waals surface area contributed by atoms with E-state index in [2.05, 4.69) is 41.2 Å². The van der Waals surface area contributed by atoms with Crippen molar-refractivity contribution in [2.75, 3.05) is 26.0 Å². The summed E-state index contributed by atoms with van der Waals surface area (Å²) in [6.07, 6.45) is 1.58. The molecule has 4 heteroatoms. The summed E-state index contributed by atoms with van der Waals surface area (Å²) in [5, 5.41) is 3.32. The third kappa shape index (κ3) is 3.70. The first-order valence-corrected chi connectivity index (χ1v) is 4.78. The minimum atomic E-state index is 0.388. The van der Waals surface area contributed by atoms with Gasteiger partial charge in [-0.05, 0) is 27.9 Å². The van der Waals surface area contributed by atoms with Gasteiger partial charge in [0.15, 0.2) is 0 Å². The quantitative estimate of drug-likeness (QED) is 0.780. The average molecular weight is 194 g/mol. The van der Waals surface area contributed by atoms with Gasteiger partial charge in [-0.15, -0.1) is 0 Å². The largest absolute Gasteiger partial charge is 0.366 e. The number of hydrogen-bond acceptors (Lipinski definition) is 4. The highest BCUT2D eigenvalue weighted by atomic mass is 15.1. The average Bonchev–Trinajstić information content (AvgIpc) is 2.01. The Balaban J connectivity index is 2.51. The highest BCUT2D eigenvalue weighted by Crippen LogP contribution is 2.04. The van der Waals surface area contributed by atoms with Crippen LogP contribution < -0.4 is 5.32 Å². The van der Waals surface area contributed by atoms with Crippen LogP contribution in [0.15, 0.2) is 12.4 Å². The number of anilines is 1. The molecule has 1 N–H and O–H groups in total. The van der Waals surface area contributed by atoms with Crippen molar-refractivity contribution in [3.05, 3.63) is 18.1 Å². The maximum Gasteiger partial charge on any atom is 0.129 e. The van der Waals surface area contributed by atoms with E-state index < -0.39 is 0 Å². The van der Waals surface area contributed by atoms with Gasteiger partial charge in [-0.2, -0.15) is 0 Å². The number of hydrogen-bond donors (Lipinski definition) is 1. The van der Waals surface area contributed by atoms with Crippen LogP contribution in [-0.4, -0.2) is 41.5 Å². The standard InChI is InChI=1S/C10H18N4/c1-8-5-10(12-7-11-8)13-9(2)6-14(3)4/h5,7,9H,6H2,1-4H3,(H,11,12,13)/t9-/m0/s1. The van der Waals surface area contributed by atoms with Crippen molar-refractivity contribution in [1.82, 2.24) is 14.9 Å². The van der Waals surface area contributed by atoms with Crippen LogP contribution in [0.2, 0.25) is 0 Å². The molecule has 1 atom stereocenters. The molecule has 0 fully saturated rings. The van der Waals surface area contributed by atoms with Crippen LogP contribution in [-0.2, 0) is 0 Å². The van der Waals surface area contributed by atoms with Gasteiger partial charge in [0.2, 0.25) is 0 Å². The summed E-state index contributed by atoms with van der Waals surface area (Å²) in [7, 11) is 4.12.